The van der Waals surface area contributed by atoms with Crippen molar-refractivity contribution in [1.29, 1.82) is 0 Å². The number of hydrogen-bond donors (Lipinski definition) is 0. The van der Waals surface area contributed by atoms with E-state index in [9.17, 15) is 4.79 Å². The number of allylic oxidation sites excluding steroid dienone is 3. The Morgan fingerprint density at radius 2 is 1.83 bits per heavy atom. The van der Waals surface area contributed by atoms with Gasteiger partial charge in [-0.3, -0.25) is 0 Å². The molecule has 0 bridgehead atoms. The van der Waals surface area contributed by atoms with Crippen LogP contribution in [0.25, 0.3) is 0 Å². The second-order valence-corrected chi connectivity index (χ2v) is 14.8. The van der Waals surface area contributed by atoms with Gasteiger partial charge in [0, 0.05) is 12.8 Å². The number of carbonyl (C=O) groups excluding carboxylic acids is 1. The van der Waals surface area contributed by atoms with Gasteiger partial charge in [-0.2, -0.15) is 0 Å². The van der Waals surface area contributed by atoms with E-state index in [0.717, 1.165) is 25.7 Å². The fourth-order valence-corrected chi connectivity index (χ4v) is 3.99. The number of carbonyl (C=O) groups is 1. The van der Waals surface area contributed by atoms with Gasteiger partial charge in [0.15, 0.2) is 5.79 Å². The van der Waals surface area contributed by atoms with E-state index in [2.05, 4.69) is 31.1 Å². The minimum atomic E-state index is -1.36. The quantitative estimate of drug-likeness (QED) is 0.261. The van der Waals surface area contributed by atoms with E-state index >= 15 is 0 Å². The zero-order chi connectivity index (χ0) is 22.3. The zero-order valence-corrected chi connectivity index (χ0v) is 20.5. The Balaban J connectivity index is 1.94. The van der Waals surface area contributed by atoms with Crippen LogP contribution >= 0.6 is 0 Å². The summed E-state index contributed by atoms with van der Waals surface area (Å²) in [6, 6.07) is 0. The molecule has 0 aromatic rings. The van der Waals surface area contributed by atoms with Crippen LogP contribution in [-0.2, 0) is 23.7 Å². The lowest BCUT2D eigenvalue weighted by Crippen LogP contribution is -2.34. The molecule has 1 aliphatic carbocycles. The van der Waals surface area contributed by atoms with E-state index in [4.69, 9.17) is 18.9 Å². The molecule has 1 saturated carbocycles. The first-order chi connectivity index (χ1) is 14.0. The van der Waals surface area contributed by atoms with E-state index in [-0.39, 0.29) is 31.4 Å². The normalized spacial score (nSPS) is 24.3. The summed E-state index contributed by atoms with van der Waals surface area (Å²) in [7, 11) is -1.36. The van der Waals surface area contributed by atoms with Crippen molar-refractivity contribution in [3.05, 3.63) is 24.3 Å². The van der Waals surface area contributed by atoms with Crippen molar-refractivity contribution < 1.29 is 23.7 Å². The SMILES string of the molecule is CC(C)(C)OC(=O)COC[C@@H]1OC2(CCCCC2)O[C@@H]1/C=C/C=C/C#C[Si](C)(C)C. The average molecular weight is 435 g/mol. The van der Waals surface area contributed by atoms with E-state index in [1.807, 2.05) is 45.1 Å². The van der Waals surface area contributed by atoms with Crippen LogP contribution in [0.15, 0.2) is 24.3 Å². The van der Waals surface area contributed by atoms with Crippen LogP contribution in [0.4, 0.5) is 0 Å². The molecule has 1 spiro atoms. The highest BCUT2D eigenvalue weighted by molar-refractivity contribution is 6.83. The summed E-state index contributed by atoms with van der Waals surface area (Å²) in [6.45, 7) is 12.4. The molecule has 0 aromatic heterocycles. The molecule has 1 aliphatic heterocycles. The molecule has 0 radical (unpaired) electrons. The minimum absolute atomic E-state index is 0.0905. The van der Waals surface area contributed by atoms with Gasteiger partial charge in [-0.15, -0.1) is 5.54 Å². The van der Waals surface area contributed by atoms with Crippen LogP contribution in [0.2, 0.25) is 19.6 Å². The molecule has 2 atom stereocenters. The van der Waals surface area contributed by atoms with Crippen LogP contribution in [0.1, 0.15) is 52.9 Å². The summed E-state index contributed by atoms with van der Waals surface area (Å²) in [4.78, 5) is 11.9. The Morgan fingerprint density at radius 3 is 2.47 bits per heavy atom. The third kappa shape index (κ3) is 9.17. The van der Waals surface area contributed by atoms with E-state index < -0.39 is 19.5 Å². The largest absolute Gasteiger partial charge is 0.458 e. The van der Waals surface area contributed by atoms with E-state index in [1.54, 1.807) is 0 Å². The lowest BCUT2D eigenvalue weighted by atomic mass is 9.94. The number of ether oxygens (including phenoxy) is 4. The lowest BCUT2D eigenvalue weighted by molar-refractivity contribution is -0.195. The summed E-state index contributed by atoms with van der Waals surface area (Å²) in [6.07, 6.45) is 12.5. The summed E-state index contributed by atoms with van der Waals surface area (Å²) in [5, 5.41) is 0. The van der Waals surface area contributed by atoms with Crippen molar-refractivity contribution in [3.8, 4) is 11.5 Å². The van der Waals surface area contributed by atoms with Gasteiger partial charge >= 0.3 is 5.97 Å². The Morgan fingerprint density at radius 1 is 1.13 bits per heavy atom. The summed E-state index contributed by atoms with van der Waals surface area (Å²) in [5.74, 6) is 2.23. The molecule has 1 saturated heterocycles. The van der Waals surface area contributed by atoms with Gasteiger partial charge < -0.3 is 18.9 Å². The maximum absolute atomic E-state index is 11.9. The first-order valence-electron chi connectivity index (χ1n) is 11.0. The molecule has 30 heavy (non-hydrogen) atoms. The standard InChI is InChI=1S/C24H38O5Si/c1-23(2,3)29-22(25)19-26-18-21-20(14-10-7-8-13-17-30(4,5)6)27-24(28-21)15-11-9-12-16-24/h7-8,10,14,20-21H,9,11-12,15-16,18-19H2,1-6H3/b8-7+,14-10+/t20-,21+/m1/s1. The molecule has 0 amide bonds. The van der Waals surface area contributed by atoms with Crippen molar-refractivity contribution >= 4 is 14.0 Å². The molecule has 5 nitrogen and oxygen atoms in total. The molecule has 2 fully saturated rings. The van der Waals surface area contributed by atoms with Crippen molar-refractivity contribution in [3.63, 3.8) is 0 Å². The fraction of sp³-hybridized carbons (Fsp3) is 0.708. The van der Waals surface area contributed by atoms with Gasteiger partial charge in [-0.1, -0.05) is 50.2 Å². The van der Waals surface area contributed by atoms with Crippen molar-refractivity contribution in [1.82, 2.24) is 0 Å². The van der Waals surface area contributed by atoms with Crippen LogP contribution in [0, 0.1) is 11.5 Å². The third-order valence-corrected chi connectivity index (χ3v) is 5.55. The summed E-state index contributed by atoms with van der Waals surface area (Å²) in [5.41, 5.74) is 2.79. The maximum atomic E-state index is 11.9. The van der Waals surface area contributed by atoms with Gasteiger partial charge in [0.2, 0.25) is 0 Å². The van der Waals surface area contributed by atoms with Gasteiger partial charge in [0.25, 0.3) is 0 Å². The molecule has 2 rings (SSSR count). The first kappa shape index (κ1) is 24.9. The molecule has 0 aromatic carbocycles. The van der Waals surface area contributed by atoms with E-state index in [0.29, 0.717) is 0 Å². The summed E-state index contributed by atoms with van der Waals surface area (Å²) >= 11 is 0. The molecule has 168 valence electrons. The Bertz CT molecular complexity index is 681. The molecular weight excluding hydrogens is 396 g/mol. The van der Waals surface area contributed by atoms with Crippen LogP contribution < -0.4 is 0 Å². The van der Waals surface area contributed by atoms with Crippen LogP contribution in [0.5, 0.6) is 0 Å². The monoisotopic (exact) mass is 434 g/mol. The maximum Gasteiger partial charge on any atom is 0.332 e. The smallest absolute Gasteiger partial charge is 0.332 e. The van der Waals surface area contributed by atoms with Gasteiger partial charge in [0.05, 0.1) is 6.61 Å². The Hall–Kier alpha value is -1.39. The topological polar surface area (TPSA) is 54.0 Å². The van der Waals surface area contributed by atoms with Crippen LogP contribution in [-0.4, -0.2) is 50.9 Å². The number of rotatable bonds is 6. The number of hydrogen-bond acceptors (Lipinski definition) is 5. The van der Waals surface area contributed by atoms with Gasteiger partial charge in [-0.05, 0) is 39.7 Å². The third-order valence-electron chi connectivity index (χ3n) is 4.66. The van der Waals surface area contributed by atoms with Crippen LogP contribution in [0.3, 0.4) is 0 Å². The van der Waals surface area contributed by atoms with Gasteiger partial charge in [-0.25, -0.2) is 4.79 Å². The highest BCUT2D eigenvalue weighted by Crippen LogP contribution is 2.41. The second kappa shape index (κ2) is 10.8. The molecule has 0 N–H and O–H groups in total. The fourth-order valence-electron chi connectivity index (χ4n) is 3.48. The Labute approximate surface area is 183 Å². The highest BCUT2D eigenvalue weighted by atomic mass is 28.3. The molecular formula is C24H38O5Si. The second-order valence-electron chi connectivity index (χ2n) is 10.1. The Kier molecular flexibility index (Phi) is 8.93. The molecule has 1 heterocycles. The first-order valence-corrected chi connectivity index (χ1v) is 14.5. The minimum Gasteiger partial charge on any atom is -0.458 e. The molecule has 2 aliphatic rings. The average Bonchev–Trinajstić information content (AvgIpc) is 2.93. The van der Waals surface area contributed by atoms with Crippen molar-refractivity contribution in [2.24, 2.45) is 0 Å². The highest BCUT2D eigenvalue weighted by Gasteiger charge is 2.47. The lowest BCUT2D eigenvalue weighted by Gasteiger charge is -2.31. The zero-order valence-electron chi connectivity index (χ0n) is 19.5. The van der Waals surface area contributed by atoms with Crippen molar-refractivity contribution in [2.45, 2.75) is 96.1 Å². The number of esters is 1. The molecule has 6 heteroatoms. The van der Waals surface area contributed by atoms with Gasteiger partial charge in [0.1, 0.15) is 32.5 Å². The van der Waals surface area contributed by atoms with E-state index in [1.165, 1.54) is 6.42 Å². The predicted molar refractivity (Wildman–Crippen MR) is 122 cm³/mol. The van der Waals surface area contributed by atoms with Crippen molar-refractivity contribution in [2.75, 3.05) is 13.2 Å². The predicted octanol–water partition coefficient (Wildman–Crippen LogP) is 4.78. The summed E-state index contributed by atoms with van der Waals surface area (Å²) < 4.78 is 23.6. The molecule has 0 unspecified atom stereocenters.